The first-order chi connectivity index (χ1) is 13.8. The van der Waals surface area contributed by atoms with Crippen molar-refractivity contribution >= 4 is 40.1 Å². The molecule has 7 heteroatoms. The maximum atomic E-state index is 12.7. The van der Waals surface area contributed by atoms with Gasteiger partial charge in [-0.05, 0) is 35.7 Å². The Balaban J connectivity index is 1.91. The van der Waals surface area contributed by atoms with E-state index in [0.717, 1.165) is 30.4 Å². The van der Waals surface area contributed by atoms with Gasteiger partial charge in [0.25, 0.3) is 0 Å². The molecule has 154 valence electrons. The Morgan fingerprint density at radius 3 is 2.48 bits per heavy atom. The number of pyridine rings is 1. The second-order valence-electron chi connectivity index (χ2n) is 7.64. The van der Waals surface area contributed by atoms with Crippen molar-refractivity contribution in [1.82, 2.24) is 14.1 Å². The first kappa shape index (κ1) is 21.6. The number of nitrogens with zero attached hydrogens (tertiary/aromatic N) is 3. The number of halogens is 2. The smallest absolute Gasteiger partial charge is 0.298 e. The number of rotatable bonds is 8. The fourth-order valence-electron chi connectivity index (χ4n) is 3.58. The highest BCUT2D eigenvalue weighted by molar-refractivity contribution is 6.35. The molecule has 0 saturated heterocycles. The lowest BCUT2D eigenvalue weighted by molar-refractivity contribution is -0.120. The van der Waals surface area contributed by atoms with E-state index in [2.05, 4.69) is 18.8 Å². The van der Waals surface area contributed by atoms with E-state index in [1.54, 1.807) is 31.4 Å². The van der Waals surface area contributed by atoms with Gasteiger partial charge in [0, 0.05) is 35.3 Å². The molecule has 1 unspecified atom stereocenters. The van der Waals surface area contributed by atoms with Gasteiger partial charge in [-0.25, -0.2) is 9.78 Å². The summed E-state index contributed by atoms with van der Waals surface area (Å²) in [7, 11) is 1.69. The molecule has 0 aliphatic carbocycles. The fraction of sp³-hybridized carbons (Fsp3) is 0.409. The Labute approximate surface area is 180 Å². The van der Waals surface area contributed by atoms with Crippen LogP contribution in [0.3, 0.4) is 0 Å². The van der Waals surface area contributed by atoms with E-state index in [1.807, 2.05) is 6.07 Å². The summed E-state index contributed by atoms with van der Waals surface area (Å²) in [6, 6.07) is 7.13. The van der Waals surface area contributed by atoms with E-state index in [1.165, 1.54) is 9.13 Å². The quantitative estimate of drug-likeness (QED) is 0.471. The summed E-state index contributed by atoms with van der Waals surface area (Å²) in [4.78, 5) is 29.7. The van der Waals surface area contributed by atoms with Crippen LogP contribution in [-0.4, -0.2) is 19.9 Å². The Morgan fingerprint density at radius 1 is 1.14 bits per heavy atom. The summed E-state index contributed by atoms with van der Waals surface area (Å²) in [5, 5.41) is 1.06. The number of Topliss-reactive ketones (excluding diaryl/α,β-unsaturated/α-hetero) is 1. The largest absolute Gasteiger partial charge is 0.330 e. The highest BCUT2D eigenvalue weighted by Crippen LogP contribution is 2.28. The zero-order valence-electron chi connectivity index (χ0n) is 16.9. The molecule has 2 aromatic heterocycles. The lowest BCUT2D eigenvalue weighted by atomic mass is 9.98. The van der Waals surface area contributed by atoms with Crippen LogP contribution in [0.25, 0.3) is 22.3 Å². The monoisotopic (exact) mass is 433 g/mol. The number of fused-ring (bicyclic) bond motifs is 1. The van der Waals surface area contributed by atoms with Crippen molar-refractivity contribution in [3.05, 3.63) is 51.0 Å². The van der Waals surface area contributed by atoms with Crippen LogP contribution in [0.2, 0.25) is 10.0 Å². The third-order valence-electron chi connectivity index (χ3n) is 5.14. The molecule has 1 atom stereocenters. The van der Waals surface area contributed by atoms with E-state index in [9.17, 15) is 9.59 Å². The van der Waals surface area contributed by atoms with Crippen LogP contribution >= 0.6 is 23.2 Å². The van der Waals surface area contributed by atoms with Gasteiger partial charge in [-0.2, -0.15) is 0 Å². The number of carbonyl (C=O) groups excluding carboxylic acids is 1. The number of hydrogen-bond donors (Lipinski definition) is 0. The zero-order valence-corrected chi connectivity index (χ0v) is 18.4. The molecule has 0 spiro atoms. The maximum absolute atomic E-state index is 12.7. The van der Waals surface area contributed by atoms with Crippen molar-refractivity contribution in [2.24, 2.45) is 13.0 Å². The molecule has 0 aliphatic heterocycles. The third kappa shape index (κ3) is 4.90. The molecule has 0 saturated carbocycles. The SMILES string of the molecule is CCCCC(C)CC(=O)Cn1c(=O)n(C)c2cc(-c3cc(Cl)cc(Cl)c3)cnc21. The highest BCUT2D eigenvalue weighted by Gasteiger charge is 2.17. The van der Waals surface area contributed by atoms with Gasteiger partial charge in [-0.15, -0.1) is 0 Å². The molecule has 0 N–H and O–H groups in total. The van der Waals surface area contributed by atoms with Crippen molar-refractivity contribution in [1.29, 1.82) is 0 Å². The minimum Gasteiger partial charge on any atom is -0.298 e. The molecule has 0 bridgehead atoms. The molecule has 0 fully saturated rings. The van der Waals surface area contributed by atoms with Gasteiger partial charge in [0.05, 0.1) is 12.1 Å². The predicted molar refractivity (Wildman–Crippen MR) is 119 cm³/mol. The number of aryl methyl sites for hydroxylation is 1. The number of benzene rings is 1. The van der Waals surface area contributed by atoms with Crippen molar-refractivity contribution < 1.29 is 4.79 Å². The number of carbonyl (C=O) groups is 1. The summed E-state index contributed by atoms with van der Waals surface area (Å²) in [5.41, 5.74) is 2.54. The van der Waals surface area contributed by atoms with E-state index < -0.39 is 0 Å². The second kappa shape index (κ2) is 9.14. The summed E-state index contributed by atoms with van der Waals surface area (Å²) >= 11 is 12.2. The molecule has 0 amide bonds. The summed E-state index contributed by atoms with van der Waals surface area (Å²) in [6.45, 7) is 4.27. The summed E-state index contributed by atoms with van der Waals surface area (Å²) < 4.78 is 2.98. The average molecular weight is 434 g/mol. The Bertz CT molecular complexity index is 1080. The van der Waals surface area contributed by atoms with Crippen LogP contribution in [0.15, 0.2) is 35.3 Å². The van der Waals surface area contributed by atoms with E-state index >= 15 is 0 Å². The fourth-order valence-corrected chi connectivity index (χ4v) is 4.11. The highest BCUT2D eigenvalue weighted by atomic mass is 35.5. The lowest BCUT2D eigenvalue weighted by Crippen LogP contribution is -2.26. The van der Waals surface area contributed by atoms with Crippen LogP contribution in [0.1, 0.15) is 39.5 Å². The van der Waals surface area contributed by atoms with Crippen LogP contribution in [0.5, 0.6) is 0 Å². The second-order valence-corrected chi connectivity index (χ2v) is 8.52. The van der Waals surface area contributed by atoms with Gasteiger partial charge in [0.2, 0.25) is 0 Å². The minimum atomic E-state index is -0.247. The summed E-state index contributed by atoms with van der Waals surface area (Å²) in [5.74, 6) is 0.371. The molecule has 5 nitrogen and oxygen atoms in total. The van der Waals surface area contributed by atoms with Crippen LogP contribution in [-0.2, 0) is 18.4 Å². The first-order valence-electron chi connectivity index (χ1n) is 9.83. The normalized spacial score (nSPS) is 12.4. The number of aromatic nitrogens is 3. The van der Waals surface area contributed by atoms with Crippen molar-refractivity contribution in [3.63, 3.8) is 0 Å². The molecule has 0 radical (unpaired) electrons. The lowest BCUT2D eigenvalue weighted by Gasteiger charge is -2.10. The van der Waals surface area contributed by atoms with Crippen molar-refractivity contribution in [2.75, 3.05) is 0 Å². The standard InChI is InChI=1S/C22H25Cl2N3O2/c1-4-5-6-14(2)7-19(28)13-27-21-20(26(3)22(27)29)10-16(12-25-21)15-8-17(23)11-18(24)9-15/h8-12,14H,4-7,13H2,1-3H3. The van der Waals surface area contributed by atoms with Crippen LogP contribution in [0, 0.1) is 5.92 Å². The van der Waals surface area contributed by atoms with Crippen molar-refractivity contribution in [2.45, 2.75) is 46.1 Å². The Morgan fingerprint density at radius 2 is 1.83 bits per heavy atom. The number of hydrogen-bond acceptors (Lipinski definition) is 3. The van der Waals surface area contributed by atoms with Crippen LogP contribution < -0.4 is 5.69 Å². The van der Waals surface area contributed by atoms with Gasteiger partial charge in [-0.1, -0.05) is 56.3 Å². The third-order valence-corrected chi connectivity index (χ3v) is 5.58. The predicted octanol–water partition coefficient (Wildman–Crippen LogP) is 5.49. The topological polar surface area (TPSA) is 56.9 Å². The van der Waals surface area contributed by atoms with E-state index in [4.69, 9.17) is 23.2 Å². The molecular weight excluding hydrogens is 409 g/mol. The maximum Gasteiger partial charge on any atom is 0.330 e. The van der Waals surface area contributed by atoms with Gasteiger partial charge in [-0.3, -0.25) is 13.9 Å². The molecular formula is C22H25Cl2N3O2. The molecule has 2 heterocycles. The molecule has 3 aromatic rings. The molecule has 3 rings (SSSR count). The van der Waals surface area contributed by atoms with Gasteiger partial charge < -0.3 is 0 Å². The first-order valence-corrected chi connectivity index (χ1v) is 10.6. The number of unbranched alkanes of at least 4 members (excludes halogenated alkanes) is 1. The number of imidazole rings is 1. The Kier molecular flexibility index (Phi) is 6.81. The molecule has 29 heavy (non-hydrogen) atoms. The zero-order chi connectivity index (χ0) is 21.1. The molecule has 1 aromatic carbocycles. The number of ketones is 1. The average Bonchev–Trinajstić information content (AvgIpc) is 2.90. The van der Waals surface area contributed by atoms with Gasteiger partial charge in [0.15, 0.2) is 11.4 Å². The minimum absolute atomic E-state index is 0.0436. The summed E-state index contributed by atoms with van der Waals surface area (Å²) in [6.07, 6.45) is 5.40. The van der Waals surface area contributed by atoms with E-state index in [0.29, 0.717) is 33.5 Å². The van der Waals surface area contributed by atoms with E-state index in [-0.39, 0.29) is 18.0 Å². The van der Waals surface area contributed by atoms with Crippen LogP contribution in [0.4, 0.5) is 0 Å². The molecule has 0 aliphatic rings. The Hall–Kier alpha value is -2.11. The van der Waals surface area contributed by atoms with Gasteiger partial charge in [0.1, 0.15) is 0 Å². The van der Waals surface area contributed by atoms with Crippen molar-refractivity contribution in [3.8, 4) is 11.1 Å². The van der Waals surface area contributed by atoms with Gasteiger partial charge >= 0.3 is 5.69 Å².